The molecule has 0 bridgehead atoms. The molecule has 1 saturated heterocycles. The maximum absolute atomic E-state index is 13.1. The summed E-state index contributed by atoms with van der Waals surface area (Å²) in [4.78, 5) is 12.7. The molecule has 0 saturated carbocycles. The van der Waals surface area contributed by atoms with E-state index in [0.717, 1.165) is 6.42 Å². The fourth-order valence-corrected chi connectivity index (χ4v) is 5.57. The van der Waals surface area contributed by atoms with Crippen LogP contribution in [0.3, 0.4) is 0 Å². The number of fused-ring (bicyclic) bond motifs is 1. The van der Waals surface area contributed by atoms with Gasteiger partial charge >= 0.3 is 5.97 Å². The zero-order valence-electron chi connectivity index (χ0n) is 16.3. The number of rotatable bonds is 4. The Morgan fingerprint density at radius 3 is 2.52 bits per heavy atom. The highest BCUT2D eigenvalue weighted by atomic mass is 32.2. The molecule has 1 fully saturated rings. The van der Waals surface area contributed by atoms with Gasteiger partial charge in [-0.2, -0.15) is 4.31 Å². The lowest BCUT2D eigenvalue weighted by Gasteiger charge is -2.34. The van der Waals surface area contributed by atoms with E-state index in [-0.39, 0.29) is 17.3 Å². The molecule has 2 aromatic rings. The van der Waals surface area contributed by atoms with Crippen LogP contribution in [-0.4, -0.2) is 38.6 Å². The summed E-state index contributed by atoms with van der Waals surface area (Å²) < 4.78 is 43.6. The lowest BCUT2D eigenvalue weighted by molar-refractivity contribution is 0.0734. The molecule has 4 rings (SSSR count). The maximum Gasteiger partial charge on any atom is 0.343 e. The van der Waals surface area contributed by atoms with Crippen LogP contribution in [0.1, 0.15) is 30.6 Å². The molecule has 0 N–H and O–H groups in total. The van der Waals surface area contributed by atoms with Crippen molar-refractivity contribution in [2.75, 3.05) is 19.9 Å². The van der Waals surface area contributed by atoms with Crippen LogP contribution in [0.25, 0.3) is 0 Å². The molecule has 2 aliphatic rings. The Balaban J connectivity index is 1.54. The number of hydrogen-bond donors (Lipinski definition) is 0. The first-order valence-corrected chi connectivity index (χ1v) is 11.0. The quantitative estimate of drug-likeness (QED) is 0.561. The minimum Gasteiger partial charge on any atom is -0.454 e. The average Bonchev–Trinajstić information content (AvgIpc) is 3.15. The topological polar surface area (TPSA) is 82.1 Å². The molecule has 7 nitrogen and oxygen atoms in total. The zero-order chi connectivity index (χ0) is 20.6. The number of hydrogen-bond acceptors (Lipinski definition) is 6. The summed E-state index contributed by atoms with van der Waals surface area (Å²) in [5, 5.41) is 0. The number of piperidine rings is 1. The Morgan fingerprint density at radius 2 is 1.76 bits per heavy atom. The summed E-state index contributed by atoms with van der Waals surface area (Å²) in [6, 6.07) is 10.8. The van der Waals surface area contributed by atoms with Crippen molar-refractivity contribution >= 4 is 16.0 Å². The van der Waals surface area contributed by atoms with E-state index in [1.807, 2.05) is 0 Å². The summed E-state index contributed by atoms with van der Waals surface area (Å²) in [7, 11) is -3.68. The van der Waals surface area contributed by atoms with Crippen molar-refractivity contribution in [2.45, 2.75) is 25.2 Å². The standard InChI is InChI=1S/C21H23NO6S/c1-14-8-15(2)12-22(11-14)29(24,25)18-5-3-4-16(9-18)21(23)28-17-6-7-19-20(10-17)27-13-26-19/h3-7,9-10,14-15H,8,11-13H2,1-2H3. The van der Waals surface area contributed by atoms with Gasteiger partial charge in [-0.05, 0) is 48.6 Å². The number of sulfonamides is 1. The largest absolute Gasteiger partial charge is 0.454 e. The van der Waals surface area contributed by atoms with Crippen LogP contribution >= 0.6 is 0 Å². The minimum atomic E-state index is -3.68. The predicted octanol–water partition coefficient (Wildman–Crippen LogP) is 3.30. The zero-order valence-corrected chi connectivity index (χ0v) is 17.1. The van der Waals surface area contributed by atoms with Crippen LogP contribution < -0.4 is 14.2 Å². The highest BCUT2D eigenvalue weighted by molar-refractivity contribution is 7.89. The van der Waals surface area contributed by atoms with Crippen LogP contribution in [0.5, 0.6) is 17.2 Å². The Kier molecular flexibility index (Phi) is 5.23. The smallest absolute Gasteiger partial charge is 0.343 e. The monoisotopic (exact) mass is 417 g/mol. The maximum atomic E-state index is 13.1. The van der Waals surface area contributed by atoms with Gasteiger partial charge in [-0.15, -0.1) is 0 Å². The number of carbonyl (C=O) groups is 1. The molecule has 2 atom stereocenters. The van der Waals surface area contributed by atoms with Gasteiger partial charge in [0, 0.05) is 19.2 Å². The molecule has 2 aromatic carbocycles. The third-order valence-electron chi connectivity index (χ3n) is 5.10. The first-order chi connectivity index (χ1) is 13.8. The van der Waals surface area contributed by atoms with Gasteiger partial charge in [0.1, 0.15) is 5.75 Å². The van der Waals surface area contributed by atoms with Gasteiger partial charge in [0.2, 0.25) is 16.8 Å². The van der Waals surface area contributed by atoms with Crippen LogP contribution in [0, 0.1) is 11.8 Å². The van der Waals surface area contributed by atoms with Crippen molar-refractivity contribution in [2.24, 2.45) is 11.8 Å². The summed E-state index contributed by atoms with van der Waals surface area (Å²) in [5.74, 6) is 1.34. The van der Waals surface area contributed by atoms with Crippen LogP contribution in [0.15, 0.2) is 47.4 Å². The van der Waals surface area contributed by atoms with Gasteiger partial charge in [0.25, 0.3) is 0 Å². The van der Waals surface area contributed by atoms with Crippen LogP contribution in [0.2, 0.25) is 0 Å². The molecule has 8 heteroatoms. The fourth-order valence-electron chi connectivity index (χ4n) is 3.84. The molecule has 0 radical (unpaired) electrons. The molecular formula is C21H23NO6S. The van der Waals surface area contributed by atoms with E-state index < -0.39 is 16.0 Å². The van der Waals surface area contributed by atoms with Gasteiger partial charge in [-0.3, -0.25) is 0 Å². The van der Waals surface area contributed by atoms with Gasteiger partial charge in [-0.25, -0.2) is 13.2 Å². The molecule has 2 aliphatic heterocycles. The van der Waals surface area contributed by atoms with Gasteiger partial charge in [0.05, 0.1) is 10.5 Å². The van der Waals surface area contributed by atoms with E-state index in [4.69, 9.17) is 14.2 Å². The first-order valence-electron chi connectivity index (χ1n) is 9.55. The number of carbonyl (C=O) groups excluding carboxylic acids is 1. The minimum absolute atomic E-state index is 0.0962. The second-order valence-corrected chi connectivity index (χ2v) is 9.64. The third kappa shape index (κ3) is 4.09. The van der Waals surface area contributed by atoms with E-state index in [9.17, 15) is 13.2 Å². The van der Waals surface area contributed by atoms with Crippen molar-refractivity contribution in [3.63, 3.8) is 0 Å². The van der Waals surface area contributed by atoms with Crippen molar-refractivity contribution in [3.8, 4) is 17.2 Å². The number of esters is 1. The molecule has 154 valence electrons. The van der Waals surface area contributed by atoms with Crippen molar-refractivity contribution < 1.29 is 27.4 Å². The molecular weight excluding hydrogens is 394 g/mol. The highest BCUT2D eigenvalue weighted by Crippen LogP contribution is 2.35. The van der Waals surface area contributed by atoms with Crippen molar-refractivity contribution in [1.29, 1.82) is 0 Å². The molecule has 2 unspecified atom stereocenters. The summed E-state index contributed by atoms with van der Waals surface area (Å²) in [6.45, 7) is 5.20. The number of benzene rings is 2. The molecule has 0 amide bonds. The predicted molar refractivity (Wildman–Crippen MR) is 106 cm³/mol. The Labute approximate surface area is 170 Å². The summed E-state index contributed by atoms with van der Waals surface area (Å²) >= 11 is 0. The van der Waals surface area contributed by atoms with Gasteiger partial charge < -0.3 is 14.2 Å². The lowest BCUT2D eigenvalue weighted by Crippen LogP contribution is -2.42. The van der Waals surface area contributed by atoms with Crippen molar-refractivity contribution in [1.82, 2.24) is 4.31 Å². The average molecular weight is 417 g/mol. The molecule has 0 spiro atoms. The highest BCUT2D eigenvalue weighted by Gasteiger charge is 2.32. The second kappa shape index (κ2) is 7.68. The van der Waals surface area contributed by atoms with Crippen molar-refractivity contribution in [3.05, 3.63) is 48.0 Å². The lowest BCUT2D eigenvalue weighted by atomic mass is 9.94. The second-order valence-electron chi connectivity index (χ2n) is 7.70. The van der Waals surface area contributed by atoms with E-state index in [0.29, 0.717) is 42.2 Å². The third-order valence-corrected chi connectivity index (χ3v) is 6.93. The molecule has 2 heterocycles. The normalized spacial score (nSPS) is 21.7. The SMILES string of the molecule is CC1CC(C)CN(S(=O)(=O)c2cccc(C(=O)Oc3ccc4c(c3)OCO4)c2)C1. The van der Waals surface area contributed by atoms with Gasteiger partial charge in [-0.1, -0.05) is 19.9 Å². The molecule has 29 heavy (non-hydrogen) atoms. The van der Waals surface area contributed by atoms with E-state index in [1.54, 1.807) is 24.3 Å². The first kappa shape index (κ1) is 19.7. The van der Waals surface area contributed by atoms with Crippen LogP contribution in [-0.2, 0) is 10.0 Å². The fraction of sp³-hybridized carbons (Fsp3) is 0.381. The molecule has 0 aliphatic carbocycles. The number of nitrogens with zero attached hydrogens (tertiary/aromatic N) is 1. The van der Waals surface area contributed by atoms with E-state index >= 15 is 0 Å². The summed E-state index contributed by atoms with van der Waals surface area (Å²) in [5.41, 5.74) is 0.168. The summed E-state index contributed by atoms with van der Waals surface area (Å²) in [6.07, 6.45) is 1.01. The van der Waals surface area contributed by atoms with Gasteiger partial charge in [0.15, 0.2) is 11.5 Å². The van der Waals surface area contributed by atoms with E-state index in [2.05, 4.69) is 13.8 Å². The number of ether oxygens (including phenoxy) is 3. The van der Waals surface area contributed by atoms with Crippen LogP contribution in [0.4, 0.5) is 0 Å². The Morgan fingerprint density at radius 1 is 1.03 bits per heavy atom. The Hall–Kier alpha value is -2.58. The molecule has 0 aromatic heterocycles. The van der Waals surface area contributed by atoms with E-state index in [1.165, 1.54) is 22.5 Å². The Bertz CT molecular complexity index is 1030.